The van der Waals surface area contributed by atoms with E-state index in [9.17, 15) is 4.79 Å². The standard InChI is InChI=1S/C12H19N3OS/c1-10(17-12-13-6-9-14(12)2)11(16)15-7-4-3-5-8-15/h6,9-10H,3-5,7-8H2,1-2H3. The first-order chi connectivity index (χ1) is 8.18. The molecule has 1 aliphatic heterocycles. The molecule has 2 heterocycles. The van der Waals surface area contributed by atoms with Crippen molar-refractivity contribution in [2.24, 2.45) is 7.05 Å². The van der Waals surface area contributed by atoms with E-state index in [1.54, 1.807) is 6.20 Å². The lowest BCUT2D eigenvalue weighted by Gasteiger charge is -2.28. The molecule has 5 heteroatoms. The van der Waals surface area contributed by atoms with Gasteiger partial charge in [0, 0.05) is 32.5 Å². The molecule has 0 aromatic carbocycles. The van der Waals surface area contributed by atoms with Gasteiger partial charge in [-0.15, -0.1) is 0 Å². The van der Waals surface area contributed by atoms with Crippen LogP contribution in [0.2, 0.25) is 0 Å². The molecule has 0 N–H and O–H groups in total. The normalized spacial score (nSPS) is 18.1. The van der Waals surface area contributed by atoms with E-state index in [1.807, 2.05) is 29.6 Å². The third kappa shape index (κ3) is 3.03. The van der Waals surface area contributed by atoms with Crippen LogP contribution < -0.4 is 0 Å². The maximum atomic E-state index is 12.2. The predicted octanol–water partition coefficient (Wildman–Crippen LogP) is 1.91. The summed E-state index contributed by atoms with van der Waals surface area (Å²) in [5, 5.41) is 0.858. The minimum absolute atomic E-state index is 0.0470. The summed E-state index contributed by atoms with van der Waals surface area (Å²) >= 11 is 1.54. The maximum Gasteiger partial charge on any atom is 0.235 e. The highest BCUT2D eigenvalue weighted by atomic mass is 32.2. The number of hydrogen-bond acceptors (Lipinski definition) is 3. The van der Waals surface area contributed by atoms with E-state index in [0.29, 0.717) is 0 Å². The van der Waals surface area contributed by atoms with Crippen LogP contribution in [0.5, 0.6) is 0 Å². The molecule has 1 unspecified atom stereocenters. The molecule has 0 spiro atoms. The van der Waals surface area contributed by atoms with Crippen LogP contribution in [0, 0.1) is 0 Å². The van der Waals surface area contributed by atoms with Crippen LogP contribution in [-0.4, -0.2) is 38.7 Å². The zero-order valence-corrected chi connectivity index (χ0v) is 11.2. The van der Waals surface area contributed by atoms with E-state index < -0.39 is 0 Å². The van der Waals surface area contributed by atoms with Crippen LogP contribution >= 0.6 is 11.8 Å². The van der Waals surface area contributed by atoms with Crippen LogP contribution in [-0.2, 0) is 11.8 Å². The summed E-state index contributed by atoms with van der Waals surface area (Å²) < 4.78 is 1.95. The molecular weight excluding hydrogens is 234 g/mol. The molecule has 0 saturated carbocycles. The first kappa shape index (κ1) is 12.5. The summed E-state index contributed by atoms with van der Waals surface area (Å²) in [6.07, 6.45) is 7.21. The van der Waals surface area contributed by atoms with E-state index >= 15 is 0 Å². The first-order valence-electron chi connectivity index (χ1n) is 6.11. The minimum atomic E-state index is -0.0470. The average Bonchev–Trinajstić information content (AvgIpc) is 2.75. The molecule has 2 rings (SSSR count). The highest BCUT2D eigenvalue weighted by molar-refractivity contribution is 8.00. The Kier molecular flexibility index (Phi) is 4.10. The van der Waals surface area contributed by atoms with Crippen molar-refractivity contribution < 1.29 is 4.79 Å². The van der Waals surface area contributed by atoms with E-state index in [2.05, 4.69) is 4.98 Å². The third-order valence-electron chi connectivity index (χ3n) is 3.07. The molecule has 1 fully saturated rings. The monoisotopic (exact) mass is 253 g/mol. The van der Waals surface area contributed by atoms with Gasteiger partial charge in [-0.05, 0) is 26.2 Å². The molecule has 1 aromatic heterocycles. The fourth-order valence-corrected chi connectivity index (χ4v) is 2.96. The number of aryl methyl sites for hydroxylation is 1. The van der Waals surface area contributed by atoms with E-state index in [-0.39, 0.29) is 11.2 Å². The summed E-state index contributed by atoms with van der Waals surface area (Å²) in [4.78, 5) is 18.4. The average molecular weight is 253 g/mol. The topological polar surface area (TPSA) is 38.1 Å². The number of piperidine rings is 1. The second-order valence-corrected chi connectivity index (χ2v) is 5.77. The number of carbonyl (C=O) groups excluding carboxylic acids is 1. The molecule has 1 saturated heterocycles. The van der Waals surface area contributed by atoms with Crippen molar-refractivity contribution in [1.82, 2.24) is 14.5 Å². The lowest BCUT2D eigenvalue weighted by atomic mass is 10.1. The number of rotatable bonds is 3. The smallest absolute Gasteiger partial charge is 0.235 e. The van der Waals surface area contributed by atoms with E-state index in [4.69, 9.17) is 0 Å². The van der Waals surface area contributed by atoms with Crippen LogP contribution in [0.25, 0.3) is 0 Å². The Morgan fingerprint density at radius 2 is 2.12 bits per heavy atom. The van der Waals surface area contributed by atoms with Crippen LogP contribution in [0.3, 0.4) is 0 Å². The molecule has 1 aromatic rings. The van der Waals surface area contributed by atoms with Crippen molar-refractivity contribution in [2.75, 3.05) is 13.1 Å². The quantitative estimate of drug-likeness (QED) is 0.772. The molecule has 4 nitrogen and oxygen atoms in total. The number of nitrogens with zero attached hydrogens (tertiary/aromatic N) is 3. The Bertz CT molecular complexity index is 385. The van der Waals surface area contributed by atoms with Crippen LogP contribution in [0.1, 0.15) is 26.2 Å². The van der Waals surface area contributed by atoms with Crippen molar-refractivity contribution >= 4 is 17.7 Å². The van der Waals surface area contributed by atoms with Gasteiger partial charge in [0.15, 0.2) is 5.16 Å². The van der Waals surface area contributed by atoms with Gasteiger partial charge in [0.05, 0.1) is 5.25 Å². The van der Waals surface area contributed by atoms with Gasteiger partial charge in [0.25, 0.3) is 0 Å². The summed E-state index contributed by atoms with van der Waals surface area (Å²) in [6.45, 7) is 3.81. The Morgan fingerprint density at radius 3 is 2.71 bits per heavy atom. The highest BCUT2D eigenvalue weighted by Crippen LogP contribution is 2.23. The third-order valence-corrected chi connectivity index (χ3v) is 4.23. The van der Waals surface area contributed by atoms with Crippen LogP contribution in [0.15, 0.2) is 17.6 Å². The van der Waals surface area contributed by atoms with Gasteiger partial charge < -0.3 is 9.47 Å². The van der Waals surface area contributed by atoms with Gasteiger partial charge in [0.2, 0.25) is 5.91 Å². The first-order valence-corrected chi connectivity index (χ1v) is 6.99. The molecule has 1 aliphatic rings. The zero-order chi connectivity index (χ0) is 12.3. The Hall–Kier alpha value is -0.970. The number of aromatic nitrogens is 2. The number of likely N-dealkylation sites (tertiary alicyclic amines) is 1. The number of carbonyl (C=O) groups is 1. The van der Waals surface area contributed by atoms with Gasteiger partial charge in [-0.3, -0.25) is 4.79 Å². The number of hydrogen-bond donors (Lipinski definition) is 0. The van der Waals surface area contributed by atoms with Crippen molar-refractivity contribution in [2.45, 2.75) is 36.6 Å². The number of thioether (sulfide) groups is 1. The summed E-state index contributed by atoms with van der Waals surface area (Å²) in [5.41, 5.74) is 0. The van der Waals surface area contributed by atoms with Crippen molar-refractivity contribution in [1.29, 1.82) is 0 Å². The number of imidazole rings is 1. The van der Waals surface area contributed by atoms with Crippen molar-refractivity contribution in [3.05, 3.63) is 12.4 Å². The Morgan fingerprint density at radius 1 is 1.41 bits per heavy atom. The molecule has 0 bridgehead atoms. The molecule has 17 heavy (non-hydrogen) atoms. The number of amides is 1. The molecule has 94 valence electrons. The minimum Gasteiger partial charge on any atom is -0.342 e. The maximum absolute atomic E-state index is 12.2. The van der Waals surface area contributed by atoms with E-state index in [0.717, 1.165) is 31.1 Å². The second kappa shape index (κ2) is 5.58. The van der Waals surface area contributed by atoms with Crippen molar-refractivity contribution in [3.8, 4) is 0 Å². The summed E-state index contributed by atoms with van der Waals surface area (Å²) in [7, 11) is 1.95. The largest absolute Gasteiger partial charge is 0.342 e. The Labute approximate surface area is 106 Å². The van der Waals surface area contributed by atoms with Gasteiger partial charge >= 0.3 is 0 Å². The van der Waals surface area contributed by atoms with Crippen molar-refractivity contribution in [3.63, 3.8) is 0 Å². The fourth-order valence-electron chi connectivity index (χ4n) is 2.05. The van der Waals surface area contributed by atoms with Gasteiger partial charge in [-0.1, -0.05) is 11.8 Å². The molecule has 0 aliphatic carbocycles. The van der Waals surface area contributed by atoms with Crippen LogP contribution in [0.4, 0.5) is 0 Å². The molecular formula is C12H19N3OS. The van der Waals surface area contributed by atoms with Gasteiger partial charge in [0.1, 0.15) is 0 Å². The van der Waals surface area contributed by atoms with Gasteiger partial charge in [-0.2, -0.15) is 0 Å². The predicted molar refractivity (Wildman–Crippen MR) is 69.0 cm³/mol. The summed E-state index contributed by atoms with van der Waals surface area (Å²) in [6, 6.07) is 0. The molecule has 1 atom stereocenters. The second-order valence-electron chi connectivity index (χ2n) is 4.47. The summed E-state index contributed by atoms with van der Waals surface area (Å²) in [5.74, 6) is 0.248. The fraction of sp³-hybridized carbons (Fsp3) is 0.667. The Balaban J connectivity index is 1.93. The molecule has 0 radical (unpaired) electrons. The molecule has 1 amide bonds. The lowest BCUT2D eigenvalue weighted by molar-refractivity contribution is -0.131. The lowest BCUT2D eigenvalue weighted by Crippen LogP contribution is -2.40. The zero-order valence-electron chi connectivity index (χ0n) is 10.4. The highest BCUT2D eigenvalue weighted by Gasteiger charge is 2.23. The van der Waals surface area contributed by atoms with E-state index in [1.165, 1.54) is 18.2 Å². The SMILES string of the molecule is CC(Sc1nccn1C)C(=O)N1CCCCC1. The van der Waals surface area contributed by atoms with Gasteiger partial charge in [-0.25, -0.2) is 4.98 Å².